The molecule has 0 unspecified atom stereocenters. The van der Waals surface area contributed by atoms with Crippen LogP contribution >= 0.6 is 11.6 Å². The third kappa shape index (κ3) is 4.56. The lowest BCUT2D eigenvalue weighted by atomic mass is 9.75. The summed E-state index contributed by atoms with van der Waals surface area (Å²) in [5.41, 5.74) is -0.369. The summed E-state index contributed by atoms with van der Waals surface area (Å²) >= 11 is 5.98. The van der Waals surface area contributed by atoms with Gasteiger partial charge in [-0.1, -0.05) is 11.6 Å². The van der Waals surface area contributed by atoms with E-state index in [1.165, 1.54) is 24.3 Å². The van der Waals surface area contributed by atoms with Crippen molar-refractivity contribution in [3.05, 3.63) is 58.6 Å². The molecule has 2 aromatic carbocycles. The lowest BCUT2D eigenvalue weighted by Gasteiger charge is -2.50. The van der Waals surface area contributed by atoms with Crippen molar-refractivity contribution in [3.8, 4) is 5.75 Å². The number of ether oxygens (including phenoxy) is 2. The Morgan fingerprint density at radius 3 is 2.49 bits per heavy atom. The van der Waals surface area contributed by atoms with Gasteiger partial charge in [0.15, 0.2) is 31.2 Å². The monoisotopic (exact) mass is 575 g/mol. The zero-order chi connectivity index (χ0) is 26.4. The van der Waals surface area contributed by atoms with Gasteiger partial charge in [0.05, 0.1) is 34.2 Å². The molecule has 3 aliphatic heterocycles. The molecule has 0 aromatic heterocycles. The van der Waals surface area contributed by atoms with Gasteiger partial charge >= 0.3 is 0 Å². The molecule has 0 radical (unpaired) electrons. The lowest BCUT2D eigenvalue weighted by molar-refractivity contribution is -0.0732. The van der Waals surface area contributed by atoms with Crippen molar-refractivity contribution in [2.24, 2.45) is 5.92 Å². The Kier molecular flexibility index (Phi) is 7.29. The van der Waals surface area contributed by atoms with E-state index >= 15 is 4.39 Å². The van der Waals surface area contributed by atoms with E-state index in [4.69, 9.17) is 21.1 Å². The summed E-state index contributed by atoms with van der Waals surface area (Å²) in [5, 5.41) is 2.90. The van der Waals surface area contributed by atoms with Gasteiger partial charge < -0.3 is 14.8 Å². The smallest absolute Gasteiger partial charge is 0.189 e. The molecule has 202 valence electrons. The van der Waals surface area contributed by atoms with E-state index in [-0.39, 0.29) is 42.3 Å². The number of sulfone groups is 2. The highest BCUT2D eigenvalue weighted by Crippen LogP contribution is 2.56. The molecule has 3 heterocycles. The first-order valence-corrected chi connectivity index (χ1v) is 15.8. The summed E-state index contributed by atoms with van der Waals surface area (Å²) in [7, 11) is -7.83. The molecule has 4 atom stereocenters. The number of hydrogen-bond acceptors (Lipinski definition) is 7. The van der Waals surface area contributed by atoms with Crippen molar-refractivity contribution in [2.45, 2.75) is 46.7 Å². The number of nitrogens with one attached hydrogen (secondary N) is 1. The fourth-order valence-electron chi connectivity index (χ4n) is 5.91. The summed E-state index contributed by atoms with van der Waals surface area (Å²) in [4.78, 5) is -0.0973. The summed E-state index contributed by atoms with van der Waals surface area (Å²) < 4.78 is 94.6. The molecule has 3 aliphatic rings. The highest BCUT2D eigenvalue weighted by atomic mass is 35.5. The number of benzene rings is 2. The first kappa shape index (κ1) is 26.8. The number of rotatable bonds is 6. The summed E-state index contributed by atoms with van der Waals surface area (Å²) in [6.45, 7) is 0.793. The van der Waals surface area contributed by atoms with Crippen LogP contribution in [0.1, 0.15) is 31.2 Å². The van der Waals surface area contributed by atoms with E-state index < -0.39 is 59.1 Å². The van der Waals surface area contributed by atoms with Gasteiger partial charge in [-0.25, -0.2) is 25.6 Å². The first-order chi connectivity index (χ1) is 17.6. The molecule has 7 nitrogen and oxygen atoms in total. The standard InChI is InChI=1S/C25H28ClF2NO6S2/c26-16-3-5-17(6-4-16)37(32,33)25-10-12-34-22(9-13-36(30,31)18-2-1-11-29-14-18)19(25)15-35-24-21(28)8-7-20(27)23(24)25/h3-8,18-19,22,29H,1-2,9-15H2/t18-,19+,22+,25+/m1/s1. The van der Waals surface area contributed by atoms with Gasteiger partial charge in [-0.3, -0.25) is 0 Å². The maximum absolute atomic E-state index is 15.4. The normalized spacial score (nSPS) is 28.1. The fourth-order valence-corrected chi connectivity index (χ4v) is 10.2. The van der Waals surface area contributed by atoms with Crippen molar-refractivity contribution < 1.29 is 35.1 Å². The van der Waals surface area contributed by atoms with Gasteiger partial charge in [-0.2, -0.15) is 0 Å². The van der Waals surface area contributed by atoms with E-state index in [2.05, 4.69) is 5.32 Å². The average Bonchev–Trinajstić information content (AvgIpc) is 2.89. The highest BCUT2D eigenvalue weighted by Gasteiger charge is 2.61. The Morgan fingerprint density at radius 1 is 1.05 bits per heavy atom. The van der Waals surface area contributed by atoms with Gasteiger partial charge in [0.2, 0.25) is 0 Å². The molecular weight excluding hydrogens is 548 g/mol. The van der Waals surface area contributed by atoms with E-state index in [1.807, 2.05) is 0 Å². The number of hydrogen-bond donors (Lipinski definition) is 1. The van der Waals surface area contributed by atoms with Crippen LogP contribution in [0.3, 0.4) is 0 Å². The molecular formula is C25H28ClF2NO6S2. The predicted molar refractivity (Wildman–Crippen MR) is 134 cm³/mol. The molecule has 5 rings (SSSR count). The molecule has 12 heteroatoms. The quantitative estimate of drug-likeness (QED) is 0.561. The minimum Gasteiger partial charge on any atom is -0.490 e. The maximum Gasteiger partial charge on any atom is 0.189 e. The van der Waals surface area contributed by atoms with Crippen LogP contribution in [0.4, 0.5) is 8.78 Å². The summed E-state index contributed by atoms with van der Waals surface area (Å²) in [5.74, 6) is -3.38. The molecule has 2 aromatic rings. The zero-order valence-corrected chi connectivity index (χ0v) is 22.3. The molecule has 0 aliphatic carbocycles. The second kappa shape index (κ2) is 10.1. The molecule has 0 bridgehead atoms. The van der Waals surface area contributed by atoms with Crippen LogP contribution < -0.4 is 10.1 Å². The van der Waals surface area contributed by atoms with Crippen molar-refractivity contribution in [3.63, 3.8) is 0 Å². The van der Waals surface area contributed by atoms with E-state index in [0.717, 1.165) is 25.1 Å². The van der Waals surface area contributed by atoms with Crippen LogP contribution in [0.15, 0.2) is 41.3 Å². The van der Waals surface area contributed by atoms with Crippen LogP contribution in [0.25, 0.3) is 0 Å². The van der Waals surface area contributed by atoms with Crippen LogP contribution in [0.5, 0.6) is 5.75 Å². The zero-order valence-electron chi connectivity index (χ0n) is 20.0. The second-order valence-electron chi connectivity index (χ2n) is 9.78. The molecule has 37 heavy (non-hydrogen) atoms. The third-order valence-corrected chi connectivity index (χ3v) is 12.8. The lowest BCUT2D eigenvalue weighted by Crippen LogP contribution is -2.58. The van der Waals surface area contributed by atoms with Crippen molar-refractivity contribution in [2.75, 3.05) is 32.1 Å². The molecule has 2 saturated heterocycles. The van der Waals surface area contributed by atoms with E-state index in [0.29, 0.717) is 18.0 Å². The van der Waals surface area contributed by atoms with Crippen LogP contribution in [-0.4, -0.2) is 60.2 Å². The van der Waals surface area contributed by atoms with Gasteiger partial charge in [-0.05, 0) is 68.6 Å². The predicted octanol–water partition coefficient (Wildman–Crippen LogP) is 3.64. The van der Waals surface area contributed by atoms with Crippen molar-refractivity contribution in [1.29, 1.82) is 0 Å². The van der Waals surface area contributed by atoms with Gasteiger partial charge in [0, 0.05) is 24.1 Å². The Hall–Kier alpha value is -1.79. The van der Waals surface area contributed by atoms with Crippen LogP contribution in [0.2, 0.25) is 5.02 Å². The SMILES string of the molecule is O=S(=O)(CC[C@@H]1OCC[C@@]2(S(=O)(=O)c3ccc(Cl)cc3)c3c(F)ccc(F)c3OC[C@@H]12)[C@@H]1CCCNC1. The molecule has 0 spiro atoms. The van der Waals surface area contributed by atoms with E-state index in [9.17, 15) is 21.2 Å². The Bertz CT molecular complexity index is 1380. The minimum atomic E-state index is -4.35. The Balaban J connectivity index is 1.58. The molecule has 0 saturated carbocycles. The van der Waals surface area contributed by atoms with Gasteiger partial charge in [-0.15, -0.1) is 0 Å². The number of fused-ring (bicyclic) bond motifs is 3. The van der Waals surface area contributed by atoms with Crippen molar-refractivity contribution >= 4 is 31.3 Å². The number of piperidine rings is 1. The summed E-state index contributed by atoms with van der Waals surface area (Å²) in [6, 6.07) is 7.30. The second-order valence-corrected chi connectivity index (χ2v) is 14.8. The average molecular weight is 576 g/mol. The molecule has 1 N–H and O–H groups in total. The minimum absolute atomic E-state index is 0.0109. The largest absolute Gasteiger partial charge is 0.490 e. The Labute approximate surface area is 220 Å². The van der Waals surface area contributed by atoms with Gasteiger partial charge in [0.1, 0.15) is 10.6 Å². The maximum atomic E-state index is 15.4. The first-order valence-electron chi connectivity index (χ1n) is 12.2. The topological polar surface area (TPSA) is 98.8 Å². The number of halogens is 3. The van der Waals surface area contributed by atoms with Crippen LogP contribution in [-0.2, 0) is 29.2 Å². The van der Waals surface area contributed by atoms with E-state index in [1.54, 1.807) is 0 Å². The third-order valence-electron chi connectivity index (χ3n) is 7.79. The van der Waals surface area contributed by atoms with Crippen LogP contribution in [0, 0.1) is 17.6 Å². The highest BCUT2D eigenvalue weighted by molar-refractivity contribution is 7.92. The van der Waals surface area contributed by atoms with Crippen molar-refractivity contribution in [1.82, 2.24) is 5.32 Å². The Morgan fingerprint density at radius 2 is 1.78 bits per heavy atom. The summed E-state index contributed by atoms with van der Waals surface area (Å²) in [6.07, 6.45) is 0.314. The fraction of sp³-hybridized carbons (Fsp3) is 0.520. The van der Waals surface area contributed by atoms with Gasteiger partial charge in [0.25, 0.3) is 0 Å². The molecule has 0 amide bonds. The molecule has 2 fully saturated rings.